The predicted octanol–water partition coefficient (Wildman–Crippen LogP) is 3.76. The first kappa shape index (κ1) is 16.2. The Morgan fingerprint density at radius 2 is 1.65 bits per heavy atom. The molecule has 0 aliphatic heterocycles. The van der Waals surface area contributed by atoms with Gasteiger partial charge in [-0.05, 0) is 49.9 Å². The quantitative estimate of drug-likeness (QED) is 0.771. The molecule has 0 spiro atoms. The molecule has 0 heterocycles. The van der Waals surface area contributed by atoms with E-state index in [2.05, 4.69) is 13.8 Å². The lowest BCUT2D eigenvalue weighted by Crippen LogP contribution is -2.16. The fourth-order valence-corrected chi connectivity index (χ4v) is 1.78. The van der Waals surface area contributed by atoms with Crippen molar-refractivity contribution in [1.82, 2.24) is 0 Å². The number of ether oxygens (including phenoxy) is 1. The summed E-state index contributed by atoms with van der Waals surface area (Å²) in [6.45, 7) is 6.20. The first-order valence-electron chi connectivity index (χ1n) is 6.98. The summed E-state index contributed by atoms with van der Waals surface area (Å²) in [6.07, 6.45) is 2.87. The van der Waals surface area contributed by atoms with Crippen LogP contribution in [-0.4, -0.2) is 23.1 Å². The minimum atomic E-state index is -1.01. The van der Waals surface area contributed by atoms with Gasteiger partial charge in [0.25, 0.3) is 0 Å². The monoisotopic (exact) mass is 278 g/mol. The Kier molecular flexibility index (Phi) is 6.22. The number of carbonyl (C=O) groups excluding carboxylic acids is 1. The van der Waals surface area contributed by atoms with Crippen LogP contribution in [0.15, 0.2) is 24.3 Å². The summed E-state index contributed by atoms with van der Waals surface area (Å²) < 4.78 is 5.35. The van der Waals surface area contributed by atoms with Crippen LogP contribution in [0.5, 0.6) is 0 Å². The molecular formula is C16H22O4. The molecule has 1 rings (SSSR count). The molecule has 1 N–H and O–H groups in total. The molecule has 1 aromatic carbocycles. The lowest BCUT2D eigenvalue weighted by atomic mass is 10.0. The Morgan fingerprint density at radius 1 is 1.10 bits per heavy atom. The normalized spacial score (nSPS) is 13.6. The lowest BCUT2D eigenvalue weighted by molar-refractivity contribution is 0.0311. The van der Waals surface area contributed by atoms with Crippen molar-refractivity contribution >= 4 is 11.9 Å². The number of benzene rings is 1. The van der Waals surface area contributed by atoms with Crippen molar-refractivity contribution in [2.45, 2.75) is 46.1 Å². The van der Waals surface area contributed by atoms with Crippen molar-refractivity contribution in [3.05, 3.63) is 35.4 Å². The third-order valence-electron chi connectivity index (χ3n) is 3.44. The Hall–Kier alpha value is -1.84. The molecule has 0 fully saturated rings. The molecule has 1 aromatic rings. The van der Waals surface area contributed by atoms with Crippen LogP contribution in [0.25, 0.3) is 0 Å². The molecule has 2 unspecified atom stereocenters. The Bertz CT molecular complexity index is 450. The SMILES string of the molecule is CCC(C)CCC(C)OC(=O)c1ccc(C(=O)O)cc1. The number of hydrogen-bond donors (Lipinski definition) is 1. The average Bonchev–Trinajstić information content (AvgIpc) is 2.44. The van der Waals surface area contributed by atoms with E-state index in [0.717, 1.165) is 19.3 Å². The van der Waals surface area contributed by atoms with Crippen LogP contribution in [0, 0.1) is 5.92 Å². The molecule has 0 bridgehead atoms. The molecule has 0 aromatic heterocycles. The van der Waals surface area contributed by atoms with E-state index in [9.17, 15) is 9.59 Å². The van der Waals surface area contributed by atoms with Crippen LogP contribution in [0.1, 0.15) is 60.7 Å². The maximum atomic E-state index is 11.9. The second kappa shape index (κ2) is 7.68. The zero-order valence-corrected chi connectivity index (χ0v) is 12.3. The number of esters is 1. The van der Waals surface area contributed by atoms with E-state index in [1.807, 2.05) is 6.92 Å². The minimum absolute atomic E-state index is 0.129. The van der Waals surface area contributed by atoms with Crippen molar-refractivity contribution in [1.29, 1.82) is 0 Å². The van der Waals surface area contributed by atoms with E-state index in [1.54, 1.807) is 0 Å². The van der Waals surface area contributed by atoms with Gasteiger partial charge in [-0.25, -0.2) is 9.59 Å². The van der Waals surface area contributed by atoms with Gasteiger partial charge in [0.1, 0.15) is 0 Å². The average molecular weight is 278 g/mol. The van der Waals surface area contributed by atoms with Crippen LogP contribution in [-0.2, 0) is 4.74 Å². The minimum Gasteiger partial charge on any atom is -0.478 e. The molecule has 2 atom stereocenters. The fraction of sp³-hybridized carbons (Fsp3) is 0.500. The number of carbonyl (C=O) groups is 2. The highest BCUT2D eigenvalue weighted by atomic mass is 16.5. The van der Waals surface area contributed by atoms with Crippen molar-refractivity contribution in [3.8, 4) is 0 Å². The predicted molar refractivity (Wildman–Crippen MR) is 77.0 cm³/mol. The topological polar surface area (TPSA) is 63.6 Å². The standard InChI is InChI=1S/C16H22O4/c1-4-11(2)5-6-12(3)20-16(19)14-9-7-13(8-10-14)15(17)18/h7-12H,4-6H2,1-3H3,(H,17,18). The molecule has 0 saturated heterocycles. The van der Waals surface area contributed by atoms with Gasteiger partial charge in [0.15, 0.2) is 0 Å². The molecule has 110 valence electrons. The molecule has 4 nitrogen and oxygen atoms in total. The molecule has 0 amide bonds. The van der Waals surface area contributed by atoms with Gasteiger partial charge in [-0.15, -0.1) is 0 Å². The van der Waals surface area contributed by atoms with Gasteiger partial charge < -0.3 is 9.84 Å². The molecule has 4 heteroatoms. The van der Waals surface area contributed by atoms with Crippen LogP contribution in [0.4, 0.5) is 0 Å². The Balaban J connectivity index is 2.51. The number of carboxylic acid groups (broad SMARTS) is 1. The number of carboxylic acids is 1. The summed E-state index contributed by atoms with van der Waals surface area (Å²) in [5.74, 6) is -0.781. The van der Waals surface area contributed by atoms with E-state index >= 15 is 0 Å². The second-order valence-electron chi connectivity index (χ2n) is 5.19. The fourth-order valence-electron chi connectivity index (χ4n) is 1.78. The van der Waals surface area contributed by atoms with E-state index in [1.165, 1.54) is 24.3 Å². The van der Waals surface area contributed by atoms with E-state index in [4.69, 9.17) is 9.84 Å². The van der Waals surface area contributed by atoms with E-state index in [-0.39, 0.29) is 11.7 Å². The Morgan fingerprint density at radius 3 is 2.15 bits per heavy atom. The van der Waals surface area contributed by atoms with Crippen LogP contribution < -0.4 is 0 Å². The molecule has 0 aliphatic rings. The van der Waals surface area contributed by atoms with Gasteiger partial charge in [0.05, 0.1) is 17.2 Å². The lowest BCUT2D eigenvalue weighted by Gasteiger charge is -2.15. The van der Waals surface area contributed by atoms with Crippen molar-refractivity contribution in [2.24, 2.45) is 5.92 Å². The Labute approximate surface area is 119 Å². The molecule has 20 heavy (non-hydrogen) atoms. The summed E-state index contributed by atoms with van der Waals surface area (Å²) >= 11 is 0. The summed E-state index contributed by atoms with van der Waals surface area (Å²) in [5, 5.41) is 8.79. The van der Waals surface area contributed by atoms with Crippen molar-refractivity contribution in [2.75, 3.05) is 0 Å². The third kappa shape index (κ3) is 5.03. The van der Waals surface area contributed by atoms with Gasteiger partial charge in [-0.1, -0.05) is 20.3 Å². The van der Waals surface area contributed by atoms with Gasteiger partial charge in [-0.3, -0.25) is 0 Å². The van der Waals surface area contributed by atoms with Gasteiger partial charge in [0.2, 0.25) is 0 Å². The summed E-state index contributed by atoms with van der Waals surface area (Å²) in [7, 11) is 0. The van der Waals surface area contributed by atoms with Crippen LogP contribution >= 0.6 is 0 Å². The summed E-state index contributed by atoms with van der Waals surface area (Å²) in [5.41, 5.74) is 0.539. The number of hydrogen-bond acceptors (Lipinski definition) is 3. The number of aromatic carboxylic acids is 1. The molecular weight excluding hydrogens is 256 g/mol. The first-order valence-corrected chi connectivity index (χ1v) is 6.98. The van der Waals surface area contributed by atoms with Gasteiger partial charge in [0, 0.05) is 0 Å². The zero-order valence-electron chi connectivity index (χ0n) is 12.3. The zero-order chi connectivity index (χ0) is 15.1. The molecule has 0 saturated carbocycles. The highest BCUT2D eigenvalue weighted by Gasteiger charge is 2.13. The van der Waals surface area contributed by atoms with Crippen LogP contribution in [0.3, 0.4) is 0 Å². The van der Waals surface area contributed by atoms with E-state index < -0.39 is 11.9 Å². The van der Waals surface area contributed by atoms with Crippen molar-refractivity contribution in [3.63, 3.8) is 0 Å². The molecule has 0 aliphatic carbocycles. The highest BCUT2D eigenvalue weighted by Crippen LogP contribution is 2.14. The summed E-state index contributed by atoms with van der Waals surface area (Å²) in [6, 6.07) is 5.77. The van der Waals surface area contributed by atoms with Gasteiger partial charge in [-0.2, -0.15) is 0 Å². The van der Waals surface area contributed by atoms with Crippen LogP contribution in [0.2, 0.25) is 0 Å². The van der Waals surface area contributed by atoms with Crippen molar-refractivity contribution < 1.29 is 19.4 Å². The third-order valence-corrected chi connectivity index (χ3v) is 3.44. The highest BCUT2D eigenvalue weighted by molar-refractivity contribution is 5.92. The molecule has 0 radical (unpaired) electrons. The smallest absolute Gasteiger partial charge is 0.338 e. The van der Waals surface area contributed by atoms with Gasteiger partial charge >= 0.3 is 11.9 Å². The second-order valence-corrected chi connectivity index (χ2v) is 5.19. The largest absolute Gasteiger partial charge is 0.478 e. The number of rotatable bonds is 7. The maximum absolute atomic E-state index is 11.9. The maximum Gasteiger partial charge on any atom is 0.338 e. The van der Waals surface area contributed by atoms with E-state index in [0.29, 0.717) is 11.5 Å². The first-order chi connectivity index (χ1) is 9.43. The summed E-state index contributed by atoms with van der Waals surface area (Å²) in [4.78, 5) is 22.6.